The molecule has 0 fully saturated rings. The van der Waals surface area contributed by atoms with Crippen molar-refractivity contribution in [2.75, 3.05) is 48.8 Å². The first kappa shape index (κ1) is 24.7. The Bertz CT molecular complexity index is 951. The van der Waals surface area contributed by atoms with Crippen LogP contribution in [0.25, 0.3) is 6.08 Å². The molecule has 170 valence electrons. The van der Waals surface area contributed by atoms with Crippen LogP contribution in [0, 0.1) is 11.3 Å². The van der Waals surface area contributed by atoms with Crippen molar-refractivity contribution in [2.45, 2.75) is 0 Å². The van der Waals surface area contributed by atoms with Crippen LogP contribution in [-0.2, 0) is 14.2 Å². The molecule has 0 saturated carbocycles. The number of carbonyl (C=O) groups excluding carboxylic acids is 1. The Labute approximate surface area is 186 Å². The van der Waals surface area contributed by atoms with Crippen molar-refractivity contribution in [1.29, 1.82) is 5.26 Å². The zero-order valence-electron chi connectivity index (χ0n) is 18.4. The number of rotatable bonds is 13. The van der Waals surface area contributed by atoms with Gasteiger partial charge in [0.25, 0.3) is 0 Å². The van der Waals surface area contributed by atoms with Crippen LogP contribution < -0.4 is 18.9 Å². The molecule has 9 nitrogen and oxygen atoms in total. The monoisotopic (exact) mass is 443 g/mol. The number of ketones is 1. The van der Waals surface area contributed by atoms with E-state index < -0.39 is 0 Å². The van der Waals surface area contributed by atoms with Gasteiger partial charge in [-0.1, -0.05) is 0 Å². The minimum Gasteiger partial charge on any atom is -0.496 e. The first-order valence-corrected chi connectivity index (χ1v) is 9.41. The van der Waals surface area contributed by atoms with E-state index in [9.17, 15) is 4.79 Å². The molecule has 0 aliphatic carbocycles. The molecule has 0 radical (unpaired) electrons. The van der Waals surface area contributed by atoms with Gasteiger partial charge in [-0.3, -0.25) is 4.79 Å². The molecule has 0 heterocycles. The smallest absolute Gasteiger partial charge is 0.206 e. The van der Waals surface area contributed by atoms with Crippen LogP contribution in [0.2, 0.25) is 0 Å². The Kier molecular flexibility index (Phi) is 10.0. The van der Waals surface area contributed by atoms with Gasteiger partial charge in [0.15, 0.2) is 37.7 Å². The molecule has 0 amide bonds. The number of carbonyl (C=O) groups is 1. The predicted octanol–water partition coefficient (Wildman–Crippen LogP) is 3.41. The van der Waals surface area contributed by atoms with E-state index in [1.54, 1.807) is 24.3 Å². The lowest BCUT2D eigenvalue weighted by Gasteiger charge is -2.17. The Morgan fingerprint density at radius 2 is 1.47 bits per heavy atom. The van der Waals surface area contributed by atoms with Gasteiger partial charge in [0.05, 0.1) is 18.7 Å². The molecule has 0 spiro atoms. The van der Waals surface area contributed by atoms with E-state index in [0.717, 1.165) is 0 Å². The van der Waals surface area contributed by atoms with Crippen LogP contribution in [-0.4, -0.2) is 54.6 Å². The Hall–Kier alpha value is -3.58. The number of hydrogen-bond acceptors (Lipinski definition) is 9. The number of nitrogens with zero attached hydrogens (tertiary/aromatic N) is 1. The van der Waals surface area contributed by atoms with Crippen LogP contribution in [0.15, 0.2) is 36.4 Å². The van der Waals surface area contributed by atoms with E-state index in [4.69, 9.17) is 38.4 Å². The van der Waals surface area contributed by atoms with Crippen LogP contribution in [0.5, 0.6) is 23.0 Å². The molecule has 0 bridgehead atoms. The van der Waals surface area contributed by atoms with Crippen molar-refractivity contribution in [2.24, 2.45) is 0 Å². The zero-order valence-corrected chi connectivity index (χ0v) is 18.4. The van der Waals surface area contributed by atoms with Crippen molar-refractivity contribution in [3.05, 3.63) is 53.1 Å². The lowest BCUT2D eigenvalue weighted by molar-refractivity contribution is 0.0217. The van der Waals surface area contributed by atoms with Gasteiger partial charge in [-0.15, -0.1) is 0 Å². The highest BCUT2D eigenvalue weighted by atomic mass is 16.7. The average molecular weight is 443 g/mol. The van der Waals surface area contributed by atoms with Gasteiger partial charge in [0.2, 0.25) is 5.75 Å². The zero-order chi connectivity index (χ0) is 23.3. The summed E-state index contributed by atoms with van der Waals surface area (Å²) in [7, 11) is 5.92. The van der Waals surface area contributed by atoms with Gasteiger partial charge in [0.1, 0.15) is 5.75 Å². The lowest BCUT2D eigenvalue weighted by Crippen LogP contribution is -2.09. The second kappa shape index (κ2) is 13.0. The van der Waals surface area contributed by atoms with E-state index in [1.807, 2.05) is 6.07 Å². The van der Waals surface area contributed by atoms with E-state index in [-0.39, 0.29) is 49.0 Å². The molecule has 32 heavy (non-hydrogen) atoms. The van der Waals surface area contributed by atoms with Crippen LogP contribution in [0.3, 0.4) is 0 Å². The SMILES string of the molecule is COCOc1cc(C(=O)/C=C/c2ccc(C#N)cc2OC)cc(OCOC)c1OCOC. The summed E-state index contributed by atoms with van der Waals surface area (Å²) >= 11 is 0. The second-order valence-corrected chi connectivity index (χ2v) is 6.22. The molecule has 0 N–H and O–H groups in total. The van der Waals surface area contributed by atoms with Crippen molar-refractivity contribution in [1.82, 2.24) is 0 Å². The number of ether oxygens (including phenoxy) is 7. The Balaban J connectivity index is 2.40. The molecule has 0 saturated heterocycles. The maximum absolute atomic E-state index is 12.9. The molecule has 0 aromatic heterocycles. The summed E-state index contributed by atoms with van der Waals surface area (Å²) in [5, 5.41) is 9.03. The Morgan fingerprint density at radius 1 is 0.875 bits per heavy atom. The molecule has 0 atom stereocenters. The third-order valence-electron chi connectivity index (χ3n) is 4.07. The maximum Gasteiger partial charge on any atom is 0.206 e. The number of hydrogen-bond donors (Lipinski definition) is 0. The van der Waals surface area contributed by atoms with Crippen LogP contribution >= 0.6 is 0 Å². The standard InChI is InChI=1S/C23H25NO8/c1-26-13-30-21-10-18(11-22(31-14-27-2)23(21)32-15-28-3)19(25)8-7-17-6-5-16(12-24)9-20(17)29-4/h5-11H,13-15H2,1-4H3/b8-7+. The fourth-order valence-electron chi connectivity index (χ4n) is 2.62. The third-order valence-corrected chi connectivity index (χ3v) is 4.07. The van der Waals surface area contributed by atoms with Crippen molar-refractivity contribution in [3.63, 3.8) is 0 Å². The van der Waals surface area contributed by atoms with E-state index in [0.29, 0.717) is 16.9 Å². The summed E-state index contributed by atoms with van der Waals surface area (Å²) in [5.74, 6) is 0.884. The first-order valence-electron chi connectivity index (χ1n) is 9.41. The van der Waals surface area contributed by atoms with E-state index in [1.165, 1.54) is 46.6 Å². The number of nitriles is 1. The topological polar surface area (TPSA) is 105 Å². The molecule has 2 aromatic rings. The van der Waals surface area contributed by atoms with Gasteiger partial charge in [-0.25, -0.2) is 0 Å². The van der Waals surface area contributed by atoms with E-state index >= 15 is 0 Å². The summed E-state index contributed by atoms with van der Waals surface area (Å²) in [6.45, 7) is -0.190. The molecule has 0 aliphatic heterocycles. The van der Waals surface area contributed by atoms with Crippen LogP contribution in [0.1, 0.15) is 21.5 Å². The predicted molar refractivity (Wildman–Crippen MR) is 115 cm³/mol. The summed E-state index contributed by atoms with van der Waals surface area (Å²) < 4.78 is 36.9. The number of allylic oxidation sites excluding steroid dienone is 1. The number of methoxy groups -OCH3 is 4. The molecule has 0 unspecified atom stereocenters. The number of benzene rings is 2. The van der Waals surface area contributed by atoms with Crippen molar-refractivity contribution < 1.29 is 38.0 Å². The minimum absolute atomic E-state index is 0.0572. The van der Waals surface area contributed by atoms with Crippen LogP contribution in [0.4, 0.5) is 0 Å². The van der Waals surface area contributed by atoms with Gasteiger partial charge < -0.3 is 33.2 Å². The normalized spacial score (nSPS) is 10.6. The van der Waals surface area contributed by atoms with Gasteiger partial charge >= 0.3 is 0 Å². The lowest BCUT2D eigenvalue weighted by atomic mass is 10.1. The maximum atomic E-state index is 12.9. The second-order valence-electron chi connectivity index (χ2n) is 6.22. The minimum atomic E-state index is -0.320. The van der Waals surface area contributed by atoms with E-state index in [2.05, 4.69) is 0 Å². The highest BCUT2D eigenvalue weighted by Gasteiger charge is 2.18. The third kappa shape index (κ3) is 6.72. The quantitative estimate of drug-likeness (QED) is 0.262. The molecule has 2 aromatic carbocycles. The van der Waals surface area contributed by atoms with Gasteiger partial charge in [-0.2, -0.15) is 5.26 Å². The molecular formula is C23H25NO8. The van der Waals surface area contributed by atoms with Crippen molar-refractivity contribution in [3.8, 4) is 29.1 Å². The summed E-state index contributed by atoms with van der Waals surface area (Å²) in [4.78, 5) is 12.9. The van der Waals surface area contributed by atoms with Gasteiger partial charge in [-0.05, 0) is 42.5 Å². The largest absolute Gasteiger partial charge is 0.496 e. The highest BCUT2D eigenvalue weighted by Crippen LogP contribution is 2.39. The average Bonchev–Trinajstić information content (AvgIpc) is 2.83. The summed E-state index contributed by atoms with van der Waals surface area (Å²) in [6, 6.07) is 10.0. The highest BCUT2D eigenvalue weighted by molar-refractivity contribution is 6.07. The molecule has 9 heteroatoms. The van der Waals surface area contributed by atoms with Crippen molar-refractivity contribution >= 4 is 11.9 Å². The molecular weight excluding hydrogens is 418 g/mol. The fraction of sp³-hybridized carbons (Fsp3) is 0.304. The molecule has 0 aliphatic rings. The summed E-state index contributed by atoms with van der Waals surface area (Å²) in [5.41, 5.74) is 1.39. The Morgan fingerprint density at radius 3 is 2.00 bits per heavy atom. The summed E-state index contributed by atoms with van der Waals surface area (Å²) in [6.07, 6.45) is 2.98. The van der Waals surface area contributed by atoms with Gasteiger partial charge in [0, 0.05) is 32.5 Å². The first-order chi connectivity index (χ1) is 15.6. The molecule has 2 rings (SSSR count). The fourth-order valence-corrected chi connectivity index (χ4v) is 2.62.